The second kappa shape index (κ2) is 10.1. The Bertz CT molecular complexity index is 929. The summed E-state index contributed by atoms with van der Waals surface area (Å²) in [6.45, 7) is 4.18. The molecule has 0 atom stereocenters. The lowest BCUT2D eigenvalue weighted by molar-refractivity contribution is 0.237. The molecule has 1 aliphatic heterocycles. The Morgan fingerprint density at radius 2 is 1.60 bits per heavy atom. The van der Waals surface area contributed by atoms with Crippen LogP contribution in [0.1, 0.15) is 40.2 Å². The van der Waals surface area contributed by atoms with Crippen LogP contribution in [0.25, 0.3) is 0 Å². The van der Waals surface area contributed by atoms with Gasteiger partial charge in [-0.25, -0.2) is 0 Å². The largest absolute Gasteiger partial charge is 0.464 e. The molecule has 0 bridgehead atoms. The van der Waals surface area contributed by atoms with Crippen molar-refractivity contribution in [1.29, 1.82) is 0 Å². The zero-order valence-corrected chi connectivity index (χ0v) is 18.4. The molecule has 2 heterocycles. The minimum atomic E-state index is 0.883. The summed E-state index contributed by atoms with van der Waals surface area (Å²) in [6.07, 6.45) is 5.63. The van der Waals surface area contributed by atoms with Gasteiger partial charge in [-0.3, -0.25) is 4.90 Å². The molecule has 4 rings (SSSR count). The Balaban J connectivity index is 1.24. The van der Waals surface area contributed by atoms with Crippen LogP contribution in [-0.4, -0.2) is 37.0 Å². The lowest BCUT2D eigenvalue weighted by Gasteiger charge is -2.25. The molecule has 0 radical (unpaired) electrons. The minimum Gasteiger partial charge on any atom is -0.464 e. The number of furan rings is 1. The van der Waals surface area contributed by atoms with Crippen molar-refractivity contribution in [2.75, 3.05) is 27.2 Å². The van der Waals surface area contributed by atoms with Crippen LogP contribution in [0.2, 0.25) is 0 Å². The van der Waals surface area contributed by atoms with E-state index in [1.54, 1.807) is 0 Å². The molecule has 0 spiro atoms. The Morgan fingerprint density at radius 1 is 0.867 bits per heavy atom. The smallest absolute Gasteiger partial charge is 0.118 e. The van der Waals surface area contributed by atoms with Crippen LogP contribution in [-0.2, 0) is 38.8 Å². The number of hydrogen-bond donors (Lipinski definition) is 0. The second-order valence-corrected chi connectivity index (χ2v) is 8.83. The van der Waals surface area contributed by atoms with Gasteiger partial charge in [0.2, 0.25) is 0 Å². The zero-order valence-electron chi connectivity index (χ0n) is 18.4. The van der Waals surface area contributed by atoms with Gasteiger partial charge in [-0.1, -0.05) is 54.6 Å². The molecule has 0 fully saturated rings. The highest BCUT2D eigenvalue weighted by Crippen LogP contribution is 2.24. The third-order valence-electron chi connectivity index (χ3n) is 5.95. The minimum absolute atomic E-state index is 0.883. The molecule has 1 aliphatic rings. The number of rotatable bonds is 9. The van der Waals surface area contributed by atoms with E-state index in [0.717, 1.165) is 57.6 Å². The van der Waals surface area contributed by atoms with Crippen molar-refractivity contribution in [3.63, 3.8) is 0 Å². The van der Waals surface area contributed by atoms with Crippen molar-refractivity contribution in [3.05, 3.63) is 94.4 Å². The van der Waals surface area contributed by atoms with Crippen LogP contribution in [0.5, 0.6) is 0 Å². The average Bonchev–Trinajstić information content (AvgIpc) is 3.14. The molecule has 0 aliphatic carbocycles. The Hall–Kier alpha value is -2.36. The maximum atomic E-state index is 6.04. The first-order chi connectivity index (χ1) is 14.7. The third kappa shape index (κ3) is 5.84. The van der Waals surface area contributed by atoms with Gasteiger partial charge in [0.15, 0.2) is 0 Å². The van der Waals surface area contributed by atoms with Crippen LogP contribution >= 0.6 is 0 Å². The topological polar surface area (TPSA) is 19.6 Å². The van der Waals surface area contributed by atoms with Crippen LogP contribution in [0.4, 0.5) is 0 Å². The Labute approximate surface area is 181 Å². The highest BCUT2D eigenvalue weighted by Gasteiger charge is 2.20. The predicted octanol–water partition coefficient (Wildman–Crippen LogP) is 5.12. The summed E-state index contributed by atoms with van der Waals surface area (Å²) < 4.78 is 6.04. The monoisotopic (exact) mass is 402 g/mol. The molecule has 158 valence electrons. The summed E-state index contributed by atoms with van der Waals surface area (Å²) in [4.78, 5) is 4.74. The van der Waals surface area contributed by atoms with Crippen molar-refractivity contribution in [2.24, 2.45) is 0 Å². The predicted molar refractivity (Wildman–Crippen MR) is 124 cm³/mol. The van der Waals surface area contributed by atoms with Crippen LogP contribution in [0.15, 0.2) is 65.1 Å². The van der Waals surface area contributed by atoms with Crippen LogP contribution in [0, 0.1) is 0 Å². The van der Waals surface area contributed by atoms with Crippen molar-refractivity contribution in [1.82, 2.24) is 9.80 Å². The fourth-order valence-electron chi connectivity index (χ4n) is 4.41. The van der Waals surface area contributed by atoms with Crippen molar-refractivity contribution in [2.45, 2.75) is 45.2 Å². The highest BCUT2D eigenvalue weighted by molar-refractivity contribution is 5.26. The van der Waals surface area contributed by atoms with E-state index in [1.165, 1.54) is 34.4 Å². The first-order valence-corrected chi connectivity index (χ1v) is 11.2. The molecule has 0 saturated carbocycles. The van der Waals surface area contributed by atoms with E-state index in [0.29, 0.717) is 0 Å². The Morgan fingerprint density at radius 3 is 2.40 bits per heavy atom. The molecule has 0 saturated heterocycles. The summed E-state index contributed by atoms with van der Waals surface area (Å²) >= 11 is 0. The van der Waals surface area contributed by atoms with Gasteiger partial charge in [0.05, 0.1) is 6.54 Å². The van der Waals surface area contributed by atoms with Crippen molar-refractivity contribution in [3.8, 4) is 0 Å². The average molecular weight is 403 g/mol. The molecule has 1 aromatic heterocycles. The lowest BCUT2D eigenvalue weighted by atomic mass is 10.0. The SMILES string of the molecule is CN(C)Cc1cc2c(o1)CCN(CCCc1cccc(CCc3ccccc3)c1)C2. The molecule has 0 unspecified atom stereocenters. The van der Waals surface area contributed by atoms with Gasteiger partial charge in [0, 0.05) is 25.1 Å². The fraction of sp³-hybridized carbons (Fsp3) is 0.407. The van der Waals surface area contributed by atoms with E-state index in [4.69, 9.17) is 4.42 Å². The molecule has 3 nitrogen and oxygen atoms in total. The van der Waals surface area contributed by atoms with Gasteiger partial charge >= 0.3 is 0 Å². The van der Waals surface area contributed by atoms with E-state index in [2.05, 4.69) is 84.6 Å². The van der Waals surface area contributed by atoms with E-state index in [1.807, 2.05) is 0 Å². The fourth-order valence-corrected chi connectivity index (χ4v) is 4.41. The number of aryl methyl sites for hydroxylation is 3. The Kier molecular flexibility index (Phi) is 7.03. The molecule has 3 aromatic rings. The summed E-state index contributed by atoms with van der Waals surface area (Å²) in [5.74, 6) is 2.30. The third-order valence-corrected chi connectivity index (χ3v) is 5.95. The summed E-state index contributed by atoms with van der Waals surface area (Å²) in [5, 5.41) is 0. The van der Waals surface area contributed by atoms with Crippen molar-refractivity contribution >= 4 is 0 Å². The highest BCUT2D eigenvalue weighted by atomic mass is 16.3. The van der Waals surface area contributed by atoms with E-state index in [9.17, 15) is 0 Å². The lowest BCUT2D eigenvalue weighted by Crippen LogP contribution is -2.30. The maximum absolute atomic E-state index is 6.04. The molecule has 0 N–H and O–H groups in total. The number of fused-ring (bicyclic) bond motifs is 1. The molecule has 0 amide bonds. The van der Waals surface area contributed by atoms with E-state index >= 15 is 0 Å². The molecule has 2 aromatic carbocycles. The molecule has 3 heteroatoms. The number of nitrogens with zero attached hydrogens (tertiary/aromatic N) is 2. The van der Waals surface area contributed by atoms with Gasteiger partial charge in [-0.05, 0) is 69.1 Å². The van der Waals surface area contributed by atoms with Gasteiger partial charge in [-0.2, -0.15) is 0 Å². The van der Waals surface area contributed by atoms with Gasteiger partial charge in [-0.15, -0.1) is 0 Å². The standard InChI is InChI=1S/C27H34N2O/c1-28(2)21-26-19-25-20-29(17-15-27(25)30-26)16-7-12-23-10-6-11-24(18-23)14-13-22-8-4-3-5-9-22/h3-6,8-11,18-19H,7,12-17,20-21H2,1-2H3. The van der Waals surface area contributed by atoms with Crippen molar-refractivity contribution < 1.29 is 4.42 Å². The second-order valence-electron chi connectivity index (χ2n) is 8.83. The molecular formula is C27H34N2O. The first kappa shape index (κ1) is 20.9. The quantitative estimate of drug-likeness (QED) is 0.495. The van der Waals surface area contributed by atoms with E-state index in [-0.39, 0.29) is 0 Å². The number of benzene rings is 2. The summed E-state index contributed by atoms with van der Waals surface area (Å²) in [6, 6.07) is 22.2. The zero-order chi connectivity index (χ0) is 20.8. The van der Waals surface area contributed by atoms with Gasteiger partial charge in [0.1, 0.15) is 11.5 Å². The van der Waals surface area contributed by atoms with Crippen LogP contribution in [0.3, 0.4) is 0 Å². The first-order valence-electron chi connectivity index (χ1n) is 11.2. The maximum Gasteiger partial charge on any atom is 0.118 e. The number of hydrogen-bond acceptors (Lipinski definition) is 3. The van der Waals surface area contributed by atoms with Crippen LogP contribution < -0.4 is 0 Å². The molecule has 30 heavy (non-hydrogen) atoms. The van der Waals surface area contributed by atoms with Gasteiger partial charge in [0.25, 0.3) is 0 Å². The normalized spacial score (nSPS) is 14.2. The van der Waals surface area contributed by atoms with E-state index < -0.39 is 0 Å². The molecular weight excluding hydrogens is 368 g/mol. The summed E-state index contributed by atoms with van der Waals surface area (Å²) in [7, 11) is 4.18. The summed E-state index contributed by atoms with van der Waals surface area (Å²) in [5.41, 5.74) is 5.72. The van der Waals surface area contributed by atoms with Gasteiger partial charge < -0.3 is 9.32 Å².